The molecule has 1 unspecified atom stereocenters. The number of nitrogens with zero attached hydrogens (tertiary/aromatic N) is 2. The van der Waals surface area contributed by atoms with E-state index in [2.05, 4.69) is 4.84 Å². The first-order chi connectivity index (χ1) is 8.82. The van der Waals surface area contributed by atoms with Gasteiger partial charge >= 0.3 is 5.69 Å². The second-order valence-corrected chi connectivity index (χ2v) is 3.82. The predicted octanol–water partition coefficient (Wildman–Crippen LogP) is 1.24. The Morgan fingerprint density at radius 1 is 1.37 bits per heavy atom. The summed E-state index contributed by atoms with van der Waals surface area (Å²) in [5.41, 5.74) is -0.100. The van der Waals surface area contributed by atoms with Gasteiger partial charge in [-0.3, -0.25) is 10.1 Å². The van der Waals surface area contributed by atoms with Gasteiger partial charge in [-0.1, -0.05) is 0 Å². The van der Waals surface area contributed by atoms with Crippen molar-refractivity contribution in [1.82, 2.24) is 0 Å². The van der Waals surface area contributed by atoms with Crippen LogP contribution in [0.4, 0.5) is 5.69 Å². The number of nitro benzene ring substituents is 1. The molecule has 0 aliphatic heterocycles. The van der Waals surface area contributed by atoms with Crippen molar-refractivity contribution in [3.63, 3.8) is 0 Å². The maximum absolute atomic E-state index is 10.7. The van der Waals surface area contributed by atoms with Crippen LogP contribution < -0.4 is 0 Å². The van der Waals surface area contributed by atoms with Crippen LogP contribution in [-0.4, -0.2) is 26.8 Å². The lowest BCUT2D eigenvalue weighted by molar-refractivity contribution is -0.758. The Balaban J connectivity index is 2.88. The lowest BCUT2D eigenvalue weighted by Crippen LogP contribution is -2.07. The summed E-state index contributed by atoms with van der Waals surface area (Å²) in [6, 6.07) is 2.40. The predicted molar refractivity (Wildman–Crippen MR) is 62.0 cm³/mol. The number of phenolic OH excluding ortho intramolecular Hbond substituents is 1. The third-order valence-corrected chi connectivity index (χ3v) is 2.47. The number of aromatic hydroxyl groups is 1. The van der Waals surface area contributed by atoms with Gasteiger partial charge in [0.15, 0.2) is 5.75 Å². The van der Waals surface area contributed by atoms with E-state index in [1.165, 1.54) is 13.0 Å². The summed E-state index contributed by atoms with van der Waals surface area (Å²) in [4.78, 5) is 23.9. The lowest BCUT2D eigenvalue weighted by atomic mass is 10.0. The molecule has 2 N–H and O–H groups in total. The Bertz CT molecular complexity index is 503. The van der Waals surface area contributed by atoms with E-state index in [1.54, 1.807) is 0 Å². The van der Waals surface area contributed by atoms with Gasteiger partial charge in [0.25, 0.3) is 5.09 Å². The molecule has 19 heavy (non-hydrogen) atoms. The van der Waals surface area contributed by atoms with Crippen molar-refractivity contribution in [2.24, 2.45) is 0 Å². The zero-order valence-electron chi connectivity index (χ0n) is 9.98. The van der Waals surface area contributed by atoms with E-state index in [9.17, 15) is 30.4 Å². The van der Waals surface area contributed by atoms with E-state index in [1.807, 2.05) is 0 Å². The molecule has 0 radical (unpaired) electrons. The third-order valence-electron chi connectivity index (χ3n) is 2.47. The fourth-order valence-corrected chi connectivity index (χ4v) is 1.53. The molecule has 1 aromatic rings. The normalized spacial score (nSPS) is 11.9. The van der Waals surface area contributed by atoms with Gasteiger partial charge in [0, 0.05) is 12.5 Å². The number of aliphatic hydroxyl groups excluding tert-OH is 1. The van der Waals surface area contributed by atoms with E-state index in [-0.39, 0.29) is 24.2 Å². The first-order valence-electron chi connectivity index (χ1n) is 5.26. The van der Waals surface area contributed by atoms with E-state index >= 15 is 0 Å². The number of benzene rings is 1. The van der Waals surface area contributed by atoms with Crippen LogP contribution in [0.25, 0.3) is 0 Å². The maximum Gasteiger partial charge on any atom is 0.311 e. The summed E-state index contributed by atoms with van der Waals surface area (Å²) in [6.07, 6.45) is -1.25. The van der Waals surface area contributed by atoms with Crippen LogP contribution >= 0.6 is 0 Å². The second-order valence-electron chi connectivity index (χ2n) is 3.82. The van der Waals surface area contributed by atoms with Crippen molar-refractivity contribution in [2.75, 3.05) is 6.61 Å². The standard InChI is InChI=1S/C10H12N2O7/c1-6-4-7(5-8(10(6)14)11(15)16)9(13)2-3-19-12(17)18/h4-5,9,13-14H,2-3H2,1H3. The molecule has 0 aliphatic carbocycles. The van der Waals surface area contributed by atoms with Gasteiger partial charge in [0.05, 0.1) is 17.6 Å². The molecule has 1 atom stereocenters. The van der Waals surface area contributed by atoms with Crippen LogP contribution in [0.1, 0.15) is 23.7 Å². The Morgan fingerprint density at radius 2 is 2.00 bits per heavy atom. The number of hydrogen-bond acceptors (Lipinski definition) is 7. The number of rotatable bonds is 6. The summed E-state index contributed by atoms with van der Waals surface area (Å²) < 4.78 is 0. The summed E-state index contributed by atoms with van der Waals surface area (Å²) >= 11 is 0. The summed E-state index contributed by atoms with van der Waals surface area (Å²) in [5.74, 6) is -0.470. The molecule has 0 heterocycles. The number of hydrogen-bond donors (Lipinski definition) is 2. The van der Waals surface area contributed by atoms with E-state index in [0.717, 1.165) is 6.07 Å². The molecule has 9 nitrogen and oxygen atoms in total. The number of nitro groups is 1. The van der Waals surface area contributed by atoms with Gasteiger partial charge in [-0.2, -0.15) is 0 Å². The smallest absolute Gasteiger partial charge is 0.311 e. The minimum Gasteiger partial charge on any atom is -0.502 e. The van der Waals surface area contributed by atoms with E-state index in [0.29, 0.717) is 0 Å². The average molecular weight is 272 g/mol. The second kappa shape index (κ2) is 5.96. The van der Waals surface area contributed by atoms with E-state index in [4.69, 9.17) is 0 Å². The van der Waals surface area contributed by atoms with Crippen LogP contribution in [0.3, 0.4) is 0 Å². The summed E-state index contributed by atoms with van der Waals surface area (Å²) in [6.45, 7) is 1.12. The average Bonchev–Trinajstić information content (AvgIpc) is 2.31. The van der Waals surface area contributed by atoms with Crippen molar-refractivity contribution in [3.05, 3.63) is 43.5 Å². The molecule has 0 amide bonds. The van der Waals surface area contributed by atoms with Gasteiger partial charge in [-0.15, -0.1) is 10.1 Å². The lowest BCUT2D eigenvalue weighted by Gasteiger charge is -2.11. The largest absolute Gasteiger partial charge is 0.502 e. The van der Waals surface area contributed by atoms with E-state index < -0.39 is 27.6 Å². The molecular weight excluding hydrogens is 260 g/mol. The van der Waals surface area contributed by atoms with Crippen molar-refractivity contribution in [3.8, 4) is 5.75 Å². The summed E-state index contributed by atoms with van der Waals surface area (Å²) in [5, 5.41) is 38.9. The quantitative estimate of drug-likeness (QED) is 0.587. The van der Waals surface area contributed by atoms with Crippen molar-refractivity contribution in [1.29, 1.82) is 0 Å². The first-order valence-corrected chi connectivity index (χ1v) is 5.26. The molecule has 0 fully saturated rings. The molecule has 0 saturated carbocycles. The molecular formula is C10H12N2O7. The molecule has 0 bridgehead atoms. The SMILES string of the molecule is Cc1cc(C(O)CCO[N+](=O)[O-])cc([N+](=O)[O-])c1O. The van der Waals surface area contributed by atoms with Crippen molar-refractivity contribution >= 4 is 5.69 Å². The Labute approximate surface area is 107 Å². The zero-order valence-corrected chi connectivity index (χ0v) is 9.98. The summed E-state index contributed by atoms with van der Waals surface area (Å²) in [7, 11) is 0. The van der Waals surface area contributed by atoms with Gasteiger partial charge in [-0.05, 0) is 24.1 Å². The monoisotopic (exact) mass is 272 g/mol. The minimum atomic E-state index is -1.15. The molecule has 0 saturated heterocycles. The Kier molecular flexibility index (Phi) is 4.59. The fourth-order valence-electron chi connectivity index (χ4n) is 1.53. The fraction of sp³-hybridized carbons (Fsp3) is 0.400. The Morgan fingerprint density at radius 3 is 2.53 bits per heavy atom. The van der Waals surface area contributed by atoms with Gasteiger partial charge in [0.1, 0.15) is 0 Å². The highest BCUT2D eigenvalue weighted by molar-refractivity contribution is 5.53. The highest BCUT2D eigenvalue weighted by Gasteiger charge is 2.20. The number of aryl methyl sites for hydroxylation is 1. The molecule has 9 heteroatoms. The van der Waals surface area contributed by atoms with Crippen LogP contribution in [-0.2, 0) is 4.84 Å². The first kappa shape index (κ1) is 14.6. The van der Waals surface area contributed by atoms with Crippen molar-refractivity contribution in [2.45, 2.75) is 19.4 Å². The molecule has 1 rings (SSSR count). The van der Waals surface area contributed by atoms with Crippen LogP contribution in [0, 0.1) is 27.2 Å². The van der Waals surface area contributed by atoms with Gasteiger partial charge in [0.2, 0.25) is 0 Å². The van der Waals surface area contributed by atoms with Crippen LogP contribution in [0.2, 0.25) is 0 Å². The highest BCUT2D eigenvalue weighted by Crippen LogP contribution is 2.33. The molecule has 104 valence electrons. The molecule has 0 spiro atoms. The zero-order chi connectivity index (χ0) is 14.6. The molecule has 1 aromatic carbocycles. The van der Waals surface area contributed by atoms with Gasteiger partial charge < -0.3 is 15.1 Å². The molecule has 0 aliphatic rings. The Hall–Kier alpha value is -2.42. The highest BCUT2D eigenvalue weighted by atomic mass is 16.9. The van der Waals surface area contributed by atoms with Crippen LogP contribution in [0.5, 0.6) is 5.75 Å². The van der Waals surface area contributed by atoms with Gasteiger partial charge in [-0.25, -0.2) is 0 Å². The minimum absolute atomic E-state index is 0.0949. The maximum atomic E-state index is 10.7. The van der Waals surface area contributed by atoms with Crippen LogP contribution in [0.15, 0.2) is 12.1 Å². The third kappa shape index (κ3) is 3.78. The topological polar surface area (TPSA) is 136 Å². The molecule has 0 aromatic heterocycles. The van der Waals surface area contributed by atoms with Crippen molar-refractivity contribution < 1.29 is 25.1 Å². The number of phenols is 1. The number of aliphatic hydroxyl groups is 1.